The average molecular weight is 353 g/mol. The van der Waals surface area contributed by atoms with E-state index in [1.807, 2.05) is 0 Å². The summed E-state index contributed by atoms with van der Waals surface area (Å²) in [5.41, 5.74) is 2.65. The van der Waals surface area contributed by atoms with E-state index in [0.717, 1.165) is 19.5 Å². The molecule has 1 aliphatic rings. The van der Waals surface area contributed by atoms with Gasteiger partial charge in [-0.1, -0.05) is 24.3 Å². The number of aromatic nitrogens is 1. The van der Waals surface area contributed by atoms with Gasteiger partial charge >= 0.3 is 5.97 Å². The number of pyridine rings is 1. The first-order valence-corrected chi connectivity index (χ1v) is 8.66. The third-order valence-electron chi connectivity index (χ3n) is 4.91. The Bertz CT molecular complexity index is 833. The molecule has 26 heavy (non-hydrogen) atoms. The van der Waals surface area contributed by atoms with Crippen LogP contribution in [0.4, 0.5) is 0 Å². The molecular weight excluding hydrogens is 330 g/mol. The zero-order chi connectivity index (χ0) is 18.7. The van der Waals surface area contributed by atoms with Gasteiger partial charge in [-0.2, -0.15) is 0 Å². The van der Waals surface area contributed by atoms with Gasteiger partial charge in [0.1, 0.15) is 5.69 Å². The molecule has 0 spiro atoms. The SMILES string of the molecule is CC(C)(CNC(=O)c1cc(C(=O)O)ccn1)N1CCc2ccccc2C1. The van der Waals surface area contributed by atoms with Crippen molar-refractivity contribution in [1.29, 1.82) is 0 Å². The number of carbonyl (C=O) groups is 2. The van der Waals surface area contributed by atoms with Crippen LogP contribution in [0.25, 0.3) is 0 Å². The molecule has 3 rings (SSSR count). The Morgan fingerprint density at radius 3 is 2.69 bits per heavy atom. The number of nitrogens with zero attached hydrogens (tertiary/aromatic N) is 2. The number of aromatic carboxylic acids is 1. The van der Waals surface area contributed by atoms with Gasteiger partial charge in [0.05, 0.1) is 5.56 Å². The number of amides is 1. The number of carbonyl (C=O) groups excluding carboxylic acids is 1. The standard InChI is InChI=1S/C20H23N3O3/c1-20(2,23-10-8-14-5-3-4-6-16(14)12-23)13-22-18(24)17-11-15(19(25)26)7-9-21-17/h3-7,9,11H,8,10,12-13H2,1-2H3,(H,22,24)(H,25,26). The normalized spacial score (nSPS) is 14.5. The van der Waals surface area contributed by atoms with E-state index in [1.165, 1.54) is 29.5 Å². The summed E-state index contributed by atoms with van der Waals surface area (Å²) < 4.78 is 0. The van der Waals surface area contributed by atoms with E-state index in [-0.39, 0.29) is 22.7 Å². The molecule has 0 aliphatic carbocycles. The Labute approximate surface area is 152 Å². The molecule has 6 nitrogen and oxygen atoms in total. The van der Waals surface area contributed by atoms with E-state index < -0.39 is 5.97 Å². The van der Waals surface area contributed by atoms with Gasteiger partial charge in [-0.05, 0) is 43.5 Å². The maximum Gasteiger partial charge on any atom is 0.335 e. The maximum atomic E-state index is 12.4. The molecule has 0 saturated carbocycles. The lowest BCUT2D eigenvalue weighted by atomic mass is 9.94. The van der Waals surface area contributed by atoms with Crippen LogP contribution in [0.3, 0.4) is 0 Å². The molecule has 136 valence electrons. The van der Waals surface area contributed by atoms with E-state index in [4.69, 9.17) is 5.11 Å². The van der Waals surface area contributed by atoms with Crippen molar-refractivity contribution in [3.63, 3.8) is 0 Å². The topological polar surface area (TPSA) is 82.5 Å². The van der Waals surface area contributed by atoms with E-state index in [2.05, 4.69) is 53.3 Å². The first-order chi connectivity index (χ1) is 12.4. The highest BCUT2D eigenvalue weighted by molar-refractivity contribution is 5.95. The Kier molecular flexibility index (Phi) is 5.04. The third kappa shape index (κ3) is 3.91. The van der Waals surface area contributed by atoms with Crippen molar-refractivity contribution in [2.75, 3.05) is 13.1 Å². The number of hydrogen-bond acceptors (Lipinski definition) is 4. The fraction of sp³-hybridized carbons (Fsp3) is 0.350. The lowest BCUT2D eigenvalue weighted by molar-refractivity contribution is 0.0696. The number of carboxylic acids is 1. The van der Waals surface area contributed by atoms with Gasteiger partial charge in [0.25, 0.3) is 5.91 Å². The summed E-state index contributed by atoms with van der Waals surface area (Å²) >= 11 is 0. The van der Waals surface area contributed by atoms with Crippen LogP contribution in [0.1, 0.15) is 45.8 Å². The molecule has 2 N–H and O–H groups in total. The predicted octanol–water partition coefficient (Wildman–Crippen LogP) is 2.35. The molecule has 0 atom stereocenters. The Balaban J connectivity index is 1.64. The molecule has 0 radical (unpaired) electrons. The van der Waals surface area contributed by atoms with E-state index in [1.54, 1.807) is 0 Å². The largest absolute Gasteiger partial charge is 0.478 e. The van der Waals surface area contributed by atoms with Crippen LogP contribution in [0.5, 0.6) is 0 Å². The van der Waals surface area contributed by atoms with Gasteiger partial charge in [0.15, 0.2) is 0 Å². The van der Waals surface area contributed by atoms with Crippen molar-refractivity contribution in [2.45, 2.75) is 32.4 Å². The summed E-state index contributed by atoms with van der Waals surface area (Å²) in [6, 6.07) is 11.1. The number of fused-ring (bicyclic) bond motifs is 1. The van der Waals surface area contributed by atoms with Crippen molar-refractivity contribution in [3.05, 3.63) is 65.0 Å². The second-order valence-corrected chi connectivity index (χ2v) is 7.17. The fourth-order valence-electron chi connectivity index (χ4n) is 3.20. The molecule has 0 bridgehead atoms. The minimum Gasteiger partial charge on any atom is -0.478 e. The highest BCUT2D eigenvalue weighted by Gasteiger charge is 2.30. The van der Waals surface area contributed by atoms with E-state index in [9.17, 15) is 9.59 Å². The van der Waals surface area contributed by atoms with Crippen molar-refractivity contribution in [1.82, 2.24) is 15.2 Å². The summed E-state index contributed by atoms with van der Waals surface area (Å²) in [4.78, 5) is 29.7. The quantitative estimate of drug-likeness (QED) is 0.862. The number of rotatable bonds is 5. The number of carboxylic acid groups (broad SMARTS) is 1. The second kappa shape index (κ2) is 7.25. The van der Waals surface area contributed by atoms with Crippen LogP contribution in [-0.2, 0) is 13.0 Å². The lowest BCUT2D eigenvalue weighted by Gasteiger charge is -2.41. The van der Waals surface area contributed by atoms with Crippen LogP contribution in [0.2, 0.25) is 0 Å². The second-order valence-electron chi connectivity index (χ2n) is 7.17. The van der Waals surface area contributed by atoms with Gasteiger partial charge in [-0.3, -0.25) is 14.7 Å². The summed E-state index contributed by atoms with van der Waals surface area (Å²) in [5.74, 6) is -1.44. The third-order valence-corrected chi connectivity index (χ3v) is 4.91. The summed E-state index contributed by atoms with van der Waals surface area (Å²) in [5, 5.41) is 11.9. The average Bonchev–Trinajstić information content (AvgIpc) is 2.65. The predicted molar refractivity (Wildman–Crippen MR) is 98.2 cm³/mol. The van der Waals surface area contributed by atoms with E-state index >= 15 is 0 Å². The van der Waals surface area contributed by atoms with Crippen molar-refractivity contribution >= 4 is 11.9 Å². The number of hydrogen-bond donors (Lipinski definition) is 2. The Morgan fingerprint density at radius 2 is 1.96 bits per heavy atom. The molecule has 6 heteroatoms. The Morgan fingerprint density at radius 1 is 1.23 bits per heavy atom. The van der Waals surface area contributed by atoms with Crippen LogP contribution in [0, 0.1) is 0 Å². The molecule has 2 heterocycles. The molecule has 1 aromatic heterocycles. The fourth-order valence-corrected chi connectivity index (χ4v) is 3.20. The van der Waals surface area contributed by atoms with Crippen LogP contribution in [-0.4, -0.2) is 45.5 Å². The van der Waals surface area contributed by atoms with Gasteiger partial charge < -0.3 is 10.4 Å². The Hall–Kier alpha value is -2.73. The summed E-state index contributed by atoms with van der Waals surface area (Å²) in [6.07, 6.45) is 2.33. The smallest absolute Gasteiger partial charge is 0.335 e. The molecule has 0 fully saturated rings. The molecule has 1 aromatic carbocycles. The highest BCUT2D eigenvalue weighted by atomic mass is 16.4. The molecular formula is C20H23N3O3. The van der Waals surface area contributed by atoms with Crippen molar-refractivity contribution in [2.24, 2.45) is 0 Å². The monoisotopic (exact) mass is 353 g/mol. The summed E-state index contributed by atoms with van der Waals surface area (Å²) in [6.45, 7) is 6.44. The van der Waals surface area contributed by atoms with Crippen LogP contribution in [0.15, 0.2) is 42.6 Å². The van der Waals surface area contributed by atoms with Crippen LogP contribution < -0.4 is 5.32 Å². The highest BCUT2D eigenvalue weighted by Crippen LogP contribution is 2.25. The molecule has 1 aliphatic heterocycles. The molecule has 2 aromatic rings. The summed E-state index contributed by atoms with van der Waals surface area (Å²) in [7, 11) is 0. The van der Waals surface area contributed by atoms with E-state index in [0.29, 0.717) is 6.54 Å². The minimum absolute atomic E-state index is 0.0528. The zero-order valence-electron chi connectivity index (χ0n) is 15.0. The first-order valence-electron chi connectivity index (χ1n) is 8.66. The molecule has 1 amide bonds. The van der Waals surface area contributed by atoms with Gasteiger partial charge in [-0.15, -0.1) is 0 Å². The minimum atomic E-state index is -1.08. The van der Waals surface area contributed by atoms with Gasteiger partial charge in [0, 0.05) is 31.4 Å². The first kappa shape index (κ1) is 18.1. The number of nitrogens with one attached hydrogen (secondary N) is 1. The van der Waals surface area contributed by atoms with Gasteiger partial charge in [0.2, 0.25) is 0 Å². The van der Waals surface area contributed by atoms with Crippen molar-refractivity contribution < 1.29 is 14.7 Å². The zero-order valence-corrected chi connectivity index (χ0v) is 15.0. The number of benzene rings is 1. The molecule has 0 unspecified atom stereocenters. The van der Waals surface area contributed by atoms with Crippen LogP contribution >= 0.6 is 0 Å². The maximum absolute atomic E-state index is 12.4. The van der Waals surface area contributed by atoms with Gasteiger partial charge in [-0.25, -0.2) is 4.79 Å². The lowest BCUT2D eigenvalue weighted by Crippen LogP contribution is -2.53. The molecule has 0 saturated heterocycles. The van der Waals surface area contributed by atoms with Crippen molar-refractivity contribution in [3.8, 4) is 0 Å².